The molecule has 1 nitrogen and oxygen atoms in total. The fourth-order valence-corrected chi connectivity index (χ4v) is 5.39. The van der Waals surface area contributed by atoms with E-state index in [2.05, 4.69) is 147 Å². The molecule has 0 atom stereocenters. The molecule has 0 amide bonds. The molecular formula is C39H33N. The van der Waals surface area contributed by atoms with Crippen LogP contribution < -0.4 is 0 Å². The van der Waals surface area contributed by atoms with Gasteiger partial charge in [-0.25, -0.2) is 0 Å². The van der Waals surface area contributed by atoms with Crippen LogP contribution in [0.15, 0.2) is 140 Å². The molecule has 0 aliphatic carbocycles. The van der Waals surface area contributed by atoms with Crippen LogP contribution in [-0.4, -0.2) is 4.98 Å². The van der Waals surface area contributed by atoms with Crippen LogP contribution in [0.5, 0.6) is 0 Å². The van der Waals surface area contributed by atoms with Crippen LogP contribution in [0.2, 0.25) is 0 Å². The highest BCUT2D eigenvalue weighted by Crippen LogP contribution is 2.33. The lowest BCUT2D eigenvalue weighted by Crippen LogP contribution is -1.88. The molecule has 0 aliphatic rings. The molecule has 1 aromatic heterocycles. The second-order valence-electron chi connectivity index (χ2n) is 10.5. The van der Waals surface area contributed by atoms with Crippen LogP contribution in [-0.2, 0) is 0 Å². The van der Waals surface area contributed by atoms with Gasteiger partial charge in [-0.2, -0.15) is 0 Å². The van der Waals surface area contributed by atoms with Gasteiger partial charge in [0.1, 0.15) is 0 Å². The van der Waals surface area contributed by atoms with Gasteiger partial charge in [0, 0.05) is 21.8 Å². The molecule has 0 bridgehead atoms. The normalized spacial score (nSPS) is 10.9. The van der Waals surface area contributed by atoms with E-state index in [9.17, 15) is 0 Å². The van der Waals surface area contributed by atoms with Crippen molar-refractivity contribution < 1.29 is 0 Å². The van der Waals surface area contributed by atoms with Crippen LogP contribution in [0.3, 0.4) is 0 Å². The van der Waals surface area contributed by atoms with Crippen LogP contribution in [0.1, 0.15) is 16.7 Å². The van der Waals surface area contributed by atoms with Gasteiger partial charge in [-0.05, 0) is 83.5 Å². The summed E-state index contributed by atoms with van der Waals surface area (Å²) in [5.41, 5.74) is 13.8. The number of hydrogen-bond donors (Lipinski definition) is 1. The maximum Gasteiger partial charge on any atom is 0.0471 e. The molecular weight excluding hydrogens is 482 g/mol. The summed E-state index contributed by atoms with van der Waals surface area (Å²) in [6, 6.07) is 49.8. The first kappa shape index (κ1) is 25.4. The zero-order chi connectivity index (χ0) is 27.5. The number of benzene rings is 6. The fraction of sp³-hybridized carbons (Fsp3) is 0.0769. The van der Waals surface area contributed by atoms with E-state index in [-0.39, 0.29) is 0 Å². The summed E-state index contributed by atoms with van der Waals surface area (Å²) < 4.78 is 0. The maximum absolute atomic E-state index is 3.56. The molecule has 1 heteroatoms. The Bertz CT molecular complexity index is 1910. The molecule has 7 aromatic rings. The molecule has 0 fully saturated rings. The number of nitrogens with one attached hydrogen (secondary N) is 1. The predicted molar refractivity (Wildman–Crippen MR) is 173 cm³/mol. The lowest BCUT2D eigenvalue weighted by Gasteiger charge is -2.12. The lowest BCUT2D eigenvalue weighted by atomic mass is 9.92. The third kappa shape index (κ3) is 5.19. The van der Waals surface area contributed by atoms with Crippen LogP contribution in [0.4, 0.5) is 0 Å². The number of H-pyrrole nitrogens is 1. The largest absolute Gasteiger partial charge is 0.354 e. The molecule has 194 valence electrons. The molecule has 6 aromatic carbocycles. The third-order valence-electron chi connectivity index (χ3n) is 7.67. The van der Waals surface area contributed by atoms with E-state index in [1.807, 2.05) is 18.2 Å². The smallest absolute Gasteiger partial charge is 0.0471 e. The highest BCUT2D eigenvalue weighted by Gasteiger charge is 2.09. The van der Waals surface area contributed by atoms with E-state index < -0.39 is 0 Å². The minimum Gasteiger partial charge on any atom is -0.354 e. The number of aromatic amines is 1. The molecule has 0 unspecified atom stereocenters. The Balaban J connectivity index is 0.000000363. The Kier molecular flexibility index (Phi) is 7.04. The van der Waals surface area contributed by atoms with Crippen molar-refractivity contribution in [1.82, 2.24) is 4.98 Å². The van der Waals surface area contributed by atoms with Crippen molar-refractivity contribution in [1.29, 1.82) is 0 Å². The quantitative estimate of drug-likeness (QED) is 0.241. The lowest BCUT2D eigenvalue weighted by molar-refractivity contribution is 1.41. The molecule has 0 saturated heterocycles. The molecule has 0 spiro atoms. The van der Waals surface area contributed by atoms with Gasteiger partial charge in [0.15, 0.2) is 0 Å². The van der Waals surface area contributed by atoms with Crippen molar-refractivity contribution in [3.05, 3.63) is 156 Å². The first-order valence-electron chi connectivity index (χ1n) is 13.9. The summed E-state index contributed by atoms with van der Waals surface area (Å²) in [7, 11) is 0. The average Bonchev–Trinajstić information content (AvgIpc) is 3.37. The van der Waals surface area contributed by atoms with Gasteiger partial charge in [-0.1, -0.05) is 127 Å². The third-order valence-corrected chi connectivity index (χ3v) is 7.67. The van der Waals surface area contributed by atoms with Crippen molar-refractivity contribution >= 4 is 21.8 Å². The molecule has 7 rings (SSSR count). The van der Waals surface area contributed by atoms with Gasteiger partial charge in [0.25, 0.3) is 0 Å². The predicted octanol–water partition coefficient (Wildman–Crippen LogP) is 10.9. The number of hydrogen-bond acceptors (Lipinski definition) is 0. The number of rotatable bonds is 3. The Morgan fingerprint density at radius 1 is 0.375 bits per heavy atom. The van der Waals surface area contributed by atoms with Gasteiger partial charge in [-0.3, -0.25) is 0 Å². The molecule has 0 saturated carbocycles. The molecule has 0 aliphatic heterocycles. The van der Waals surface area contributed by atoms with Gasteiger partial charge in [-0.15, -0.1) is 0 Å². The van der Waals surface area contributed by atoms with E-state index in [0.717, 1.165) is 0 Å². The number of fused-ring (bicyclic) bond motifs is 3. The second kappa shape index (κ2) is 11.1. The topological polar surface area (TPSA) is 15.8 Å². The Morgan fingerprint density at radius 3 is 1.62 bits per heavy atom. The zero-order valence-corrected chi connectivity index (χ0v) is 23.3. The van der Waals surface area contributed by atoms with E-state index >= 15 is 0 Å². The van der Waals surface area contributed by atoms with E-state index in [1.54, 1.807) is 0 Å². The summed E-state index contributed by atoms with van der Waals surface area (Å²) in [6.45, 7) is 6.45. The van der Waals surface area contributed by atoms with E-state index in [1.165, 1.54) is 71.9 Å². The van der Waals surface area contributed by atoms with E-state index in [4.69, 9.17) is 0 Å². The SMILES string of the molecule is Cc1ccccc1.Cc1ccccc1-c1cc(-c2ccc(-c3ccc4c(c3)[nH]c3ccccc34)cc2)ccc1C. The Hall–Kier alpha value is -4.88. The zero-order valence-electron chi connectivity index (χ0n) is 23.3. The van der Waals surface area contributed by atoms with E-state index in [0.29, 0.717) is 0 Å². The highest BCUT2D eigenvalue weighted by atomic mass is 14.7. The van der Waals surface area contributed by atoms with Gasteiger partial charge in [0.05, 0.1) is 0 Å². The first-order chi connectivity index (χ1) is 19.6. The Labute approximate surface area is 236 Å². The molecule has 0 radical (unpaired) electrons. The summed E-state index contributed by atoms with van der Waals surface area (Å²) in [6.07, 6.45) is 0. The summed E-state index contributed by atoms with van der Waals surface area (Å²) >= 11 is 0. The van der Waals surface area contributed by atoms with Crippen LogP contribution >= 0.6 is 0 Å². The average molecular weight is 516 g/mol. The summed E-state index contributed by atoms with van der Waals surface area (Å²) in [5, 5.41) is 2.55. The summed E-state index contributed by atoms with van der Waals surface area (Å²) in [4.78, 5) is 3.56. The Morgan fingerprint density at radius 2 is 0.925 bits per heavy atom. The van der Waals surface area contributed by atoms with Crippen molar-refractivity contribution in [2.45, 2.75) is 20.8 Å². The number of aromatic nitrogens is 1. The van der Waals surface area contributed by atoms with Crippen molar-refractivity contribution in [3.63, 3.8) is 0 Å². The minimum absolute atomic E-state index is 1.18. The monoisotopic (exact) mass is 515 g/mol. The van der Waals surface area contributed by atoms with Gasteiger partial charge >= 0.3 is 0 Å². The van der Waals surface area contributed by atoms with Gasteiger partial charge < -0.3 is 4.98 Å². The number of para-hydroxylation sites is 1. The van der Waals surface area contributed by atoms with Crippen LogP contribution in [0.25, 0.3) is 55.2 Å². The maximum atomic E-state index is 3.56. The second-order valence-corrected chi connectivity index (χ2v) is 10.5. The highest BCUT2D eigenvalue weighted by molar-refractivity contribution is 6.08. The molecule has 40 heavy (non-hydrogen) atoms. The van der Waals surface area contributed by atoms with Crippen molar-refractivity contribution in [2.24, 2.45) is 0 Å². The minimum atomic E-state index is 1.18. The summed E-state index contributed by atoms with van der Waals surface area (Å²) in [5.74, 6) is 0. The van der Waals surface area contributed by atoms with Crippen molar-refractivity contribution in [2.75, 3.05) is 0 Å². The van der Waals surface area contributed by atoms with Gasteiger partial charge in [0.2, 0.25) is 0 Å². The standard InChI is InChI=1S/C32H25N.C7H8/c1-21-7-3-4-8-27(21)30-19-25(12-11-22(30)2)23-13-15-24(16-14-23)26-17-18-29-28-9-5-6-10-31(28)33-32(29)20-26;1-7-5-3-2-4-6-7/h3-20,33H,1-2H3;2-6H,1H3. The molecule has 1 heterocycles. The van der Waals surface area contributed by atoms with Crippen molar-refractivity contribution in [3.8, 4) is 33.4 Å². The molecule has 1 N–H and O–H groups in total. The first-order valence-corrected chi connectivity index (χ1v) is 13.9. The fourth-order valence-electron chi connectivity index (χ4n) is 5.39. The number of aryl methyl sites for hydroxylation is 3. The van der Waals surface area contributed by atoms with Crippen LogP contribution in [0, 0.1) is 20.8 Å².